The van der Waals surface area contributed by atoms with Gasteiger partial charge < -0.3 is 77.3 Å². The number of carbonyl (C=O) groups is 2. The van der Waals surface area contributed by atoms with Gasteiger partial charge in [0, 0.05) is 49.7 Å². The molecule has 5 aromatic carbocycles. The van der Waals surface area contributed by atoms with Crippen molar-refractivity contribution in [1.82, 2.24) is 19.9 Å². The van der Waals surface area contributed by atoms with Gasteiger partial charge in [-0.15, -0.1) is 0 Å². The van der Waals surface area contributed by atoms with Crippen molar-refractivity contribution in [3.63, 3.8) is 0 Å². The highest BCUT2D eigenvalue weighted by Gasteiger charge is 2.17. The van der Waals surface area contributed by atoms with Gasteiger partial charge in [-0.2, -0.15) is 0 Å². The Balaban J connectivity index is 0.000000115. The van der Waals surface area contributed by atoms with Crippen LogP contribution in [0.25, 0.3) is 0 Å². The number of nitrogens with one attached hydrogen (secondary N) is 3. The summed E-state index contributed by atoms with van der Waals surface area (Å²) in [6, 6.07) is 28.3. The van der Waals surface area contributed by atoms with Crippen molar-refractivity contribution >= 4 is 24.5 Å². The predicted molar refractivity (Wildman–Crippen MR) is 245 cm³/mol. The molecule has 0 amide bonds. The molecular weight excluding hydrogens is 901 g/mol. The van der Waals surface area contributed by atoms with Crippen molar-refractivity contribution in [2.24, 2.45) is 0 Å². The van der Waals surface area contributed by atoms with Crippen LogP contribution in [0, 0.1) is 4.77 Å². The molecule has 0 bridgehead atoms. The minimum atomic E-state index is -0.848. The smallest absolute Gasteiger partial charge is 0.307 e. The largest absolute Gasteiger partial charge is 0.481 e. The number of aliphatic carboxylic acids is 1. The van der Waals surface area contributed by atoms with E-state index < -0.39 is 5.97 Å². The number of carboxylic acids is 1. The Hall–Kier alpha value is -8.16. The highest BCUT2D eigenvalue weighted by atomic mass is 32.1. The SMILES string of the molecule is O=C(O)Cc1ccc2c(c1)OCO2.O=CCc1ccc2c(c1)OCO2.OCCc1ccc2c(c1)OCO2.S=c1[nH]cc(Cc2ccc3c(c2)OCO3)[nH]1.c1ncc(Cc2ccc3c(c2)OCO3)[nH]1. The van der Waals surface area contributed by atoms with Gasteiger partial charge in [0.1, 0.15) is 6.29 Å². The lowest BCUT2D eigenvalue weighted by Gasteiger charge is -2.00. The van der Waals surface area contributed by atoms with E-state index in [1.165, 1.54) is 5.56 Å². The van der Waals surface area contributed by atoms with E-state index in [2.05, 4.69) is 19.9 Å². The van der Waals surface area contributed by atoms with Gasteiger partial charge in [-0.05, 0) is 107 Å². The van der Waals surface area contributed by atoms with E-state index in [4.69, 9.17) is 69.8 Å². The van der Waals surface area contributed by atoms with Gasteiger partial charge in [0.05, 0.1) is 12.7 Å². The zero-order chi connectivity index (χ0) is 47.1. The van der Waals surface area contributed by atoms with Gasteiger partial charge in [0.2, 0.25) is 34.0 Å². The molecule has 0 spiro atoms. The summed E-state index contributed by atoms with van der Waals surface area (Å²) in [5.41, 5.74) is 7.24. The van der Waals surface area contributed by atoms with Crippen molar-refractivity contribution in [1.29, 1.82) is 0 Å². The summed E-state index contributed by atoms with van der Waals surface area (Å²) in [6.45, 7) is 1.59. The zero-order valence-electron chi connectivity index (χ0n) is 36.4. The second-order valence-corrected chi connectivity index (χ2v) is 15.5. The summed E-state index contributed by atoms with van der Waals surface area (Å²) in [5, 5.41) is 17.2. The van der Waals surface area contributed by atoms with Gasteiger partial charge in [-0.3, -0.25) is 4.79 Å². The molecule has 7 aromatic rings. The minimum absolute atomic E-state index is 0.0106. The third-order valence-corrected chi connectivity index (χ3v) is 10.5. The van der Waals surface area contributed by atoms with E-state index in [0.29, 0.717) is 49.5 Å². The van der Waals surface area contributed by atoms with Crippen LogP contribution in [-0.2, 0) is 41.7 Å². The number of H-pyrrole nitrogens is 3. The van der Waals surface area contributed by atoms with Crippen LogP contribution in [0.3, 0.4) is 0 Å². The van der Waals surface area contributed by atoms with E-state index in [-0.39, 0.29) is 26.6 Å². The van der Waals surface area contributed by atoms with Crippen molar-refractivity contribution < 1.29 is 67.2 Å². The molecule has 18 nitrogen and oxygen atoms in total. The Labute approximate surface area is 394 Å². The number of rotatable bonds is 10. The minimum Gasteiger partial charge on any atom is -0.481 e. The van der Waals surface area contributed by atoms with Crippen LogP contribution in [0.2, 0.25) is 0 Å². The molecule has 352 valence electrons. The van der Waals surface area contributed by atoms with Crippen LogP contribution in [0.1, 0.15) is 39.2 Å². The quantitative estimate of drug-likeness (QED) is 0.0671. The summed E-state index contributed by atoms with van der Waals surface area (Å²) >= 11 is 4.97. The maximum atomic E-state index is 10.4. The standard InChI is InChI=1S/C11H10N2O2S.C11H10N2O2.C9H8O4.C9H10O3.C9H8O3/c16-11-12-5-8(13-11)3-7-1-2-9-10(4-7)15-6-14-9;1-2-10-11(15-7-14-10)4-8(1)3-9-5-12-6-13-9;10-9(11)4-6-1-2-7-8(3-6)13-5-12-7;2*10-4-3-7-1-2-8-9(5-7)12-6-11-8/h1-2,4-5H,3,6H2,(H2,12,13,16);1-2,4-6H,3,7H2,(H,12,13);1-3H,4-5H2,(H,10,11);1-2,5,10H,3-4,6H2;1-2,4-5H,3,6H2. The summed E-state index contributed by atoms with van der Waals surface area (Å²) in [5.74, 6) is 6.77. The maximum absolute atomic E-state index is 10.4. The molecule has 0 unspecified atom stereocenters. The number of hydrogen-bond acceptors (Lipinski definition) is 15. The third-order valence-electron chi connectivity index (χ3n) is 10.3. The average molecular weight is 947 g/mol. The van der Waals surface area contributed by atoms with E-state index in [1.807, 2.05) is 85.2 Å². The fourth-order valence-corrected chi connectivity index (χ4v) is 7.19. The third kappa shape index (κ3) is 12.8. The lowest BCUT2D eigenvalue weighted by molar-refractivity contribution is -0.136. The molecule has 0 saturated carbocycles. The first-order valence-corrected chi connectivity index (χ1v) is 21.6. The molecule has 0 atom stereocenters. The molecular formula is C49H46N4O14S. The lowest BCUT2D eigenvalue weighted by atomic mass is 10.1. The van der Waals surface area contributed by atoms with Gasteiger partial charge in [0.25, 0.3) is 0 Å². The van der Waals surface area contributed by atoms with Gasteiger partial charge >= 0.3 is 5.97 Å². The van der Waals surface area contributed by atoms with Crippen molar-refractivity contribution in [2.75, 3.05) is 40.6 Å². The van der Waals surface area contributed by atoms with Gasteiger partial charge in [0.15, 0.2) is 62.3 Å². The number of aromatic nitrogens is 4. The number of ether oxygens (including phenoxy) is 10. The van der Waals surface area contributed by atoms with Crippen LogP contribution in [-0.4, -0.2) is 83.0 Å². The summed E-state index contributed by atoms with van der Waals surface area (Å²) in [4.78, 5) is 33.7. The number of nitrogens with zero attached hydrogens (tertiary/aromatic N) is 1. The maximum Gasteiger partial charge on any atom is 0.307 e. The van der Waals surface area contributed by atoms with Crippen LogP contribution < -0.4 is 47.4 Å². The first-order chi connectivity index (χ1) is 33.3. The number of aldehydes is 1. The molecule has 12 rings (SSSR count). The summed E-state index contributed by atoms with van der Waals surface area (Å²) in [6.07, 6.45) is 8.99. The molecule has 19 heteroatoms. The van der Waals surface area contributed by atoms with E-state index in [1.54, 1.807) is 24.5 Å². The number of benzene rings is 5. The van der Waals surface area contributed by atoms with E-state index in [9.17, 15) is 9.59 Å². The number of aromatic amines is 3. The Morgan fingerprint density at radius 2 is 0.971 bits per heavy atom. The second-order valence-electron chi connectivity index (χ2n) is 15.1. The number of hydrogen-bond donors (Lipinski definition) is 5. The number of aliphatic hydroxyl groups is 1. The topological polar surface area (TPSA) is 227 Å². The fourth-order valence-electron chi connectivity index (χ4n) is 7.00. The first-order valence-electron chi connectivity index (χ1n) is 21.2. The molecule has 68 heavy (non-hydrogen) atoms. The van der Waals surface area contributed by atoms with Crippen LogP contribution in [0.5, 0.6) is 57.5 Å². The Morgan fingerprint density at radius 3 is 1.40 bits per heavy atom. The van der Waals surface area contributed by atoms with Gasteiger partial charge in [-0.1, -0.05) is 30.3 Å². The van der Waals surface area contributed by atoms with Crippen molar-refractivity contribution in [2.45, 2.75) is 32.1 Å². The van der Waals surface area contributed by atoms with Crippen molar-refractivity contribution in [3.05, 3.63) is 154 Å². The molecule has 0 fully saturated rings. The Kier molecular flexibility index (Phi) is 15.6. The molecule has 5 aliphatic heterocycles. The normalized spacial score (nSPS) is 13.1. The monoisotopic (exact) mass is 946 g/mol. The lowest BCUT2D eigenvalue weighted by Crippen LogP contribution is -1.99. The number of fused-ring (bicyclic) bond motifs is 5. The highest BCUT2D eigenvalue weighted by Crippen LogP contribution is 2.36. The molecule has 0 aliphatic carbocycles. The predicted octanol–water partition coefficient (Wildman–Crippen LogP) is 7.27. The zero-order valence-corrected chi connectivity index (χ0v) is 37.2. The molecule has 7 heterocycles. The summed E-state index contributed by atoms with van der Waals surface area (Å²) < 4.78 is 52.6. The highest BCUT2D eigenvalue weighted by molar-refractivity contribution is 7.71. The molecule has 0 radical (unpaired) electrons. The fraction of sp³-hybridized carbons (Fsp3) is 0.224. The molecule has 5 aliphatic rings. The Bertz CT molecular complexity index is 2870. The van der Waals surface area contributed by atoms with Crippen molar-refractivity contribution in [3.8, 4) is 57.5 Å². The number of aliphatic hydroxyl groups excluding tert-OH is 1. The molecule has 0 saturated heterocycles. The number of carbonyl (C=O) groups excluding carboxylic acids is 1. The van der Waals surface area contributed by atoms with Crippen LogP contribution in [0.15, 0.2) is 110 Å². The van der Waals surface area contributed by atoms with Crippen LogP contribution in [0.4, 0.5) is 0 Å². The first kappa shape index (κ1) is 46.4. The number of carboxylic acid groups (broad SMARTS) is 1. The van der Waals surface area contributed by atoms with E-state index in [0.717, 1.165) is 98.8 Å². The number of imidazole rings is 2. The average Bonchev–Trinajstić information content (AvgIpc) is 4.20. The second kappa shape index (κ2) is 22.8. The Morgan fingerprint density at radius 1 is 0.559 bits per heavy atom. The van der Waals surface area contributed by atoms with Crippen LogP contribution >= 0.6 is 12.2 Å². The molecule has 5 N–H and O–H groups in total. The summed E-state index contributed by atoms with van der Waals surface area (Å²) in [7, 11) is 0. The van der Waals surface area contributed by atoms with E-state index >= 15 is 0 Å². The van der Waals surface area contributed by atoms with Gasteiger partial charge in [-0.25, -0.2) is 4.98 Å². The molecule has 2 aromatic heterocycles.